The third kappa shape index (κ3) is 3.25. The van der Waals surface area contributed by atoms with Gasteiger partial charge in [0.2, 0.25) is 0 Å². The Balaban J connectivity index is 1.69. The van der Waals surface area contributed by atoms with Gasteiger partial charge in [-0.25, -0.2) is 0 Å². The Bertz CT molecular complexity index is 1210. The van der Waals surface area contributed by atoms with Crippen molar-refractivity contribution in [1.82, 2.24) is 4.57 Å². The zero-order valence-electron chi connectivity index (χ0n) is 15.9. The van der Waals surface area contributed by atoms with E-state index in [1.807, 2.05) is 74.6 Å². The van der Waals surface area contributed by atoms with Crippen LogP contribution < -0.4 is 10.9 Å². The van der Waals surface area contributed by atoms with Crippen LogP contribution in [-0.4, -0.2) is 10.5 Å². The van der Waals surface area contributed by atoms with Crippen LogP contribution in [0.2, 0.25) is 0 Å². The standard InChI is InChI=1S/C23H20N2O2S/c1-14-11-17(13-25(3)23(14)27)18-8-6-9-19(15(18)2)24-22(26)21-12-16-7-4-5-10-20(16)28-21/h4-13H,1-3H3,(H,24,26). The lowest BCUT2D eigenvalue weighted by atomic mass is 9.99. The Morgan fingerprint density at radius 1 is 1.04 bits per heavy atom. The molecule has 0 aliphatic heterocycles. The fraction of sp³-hybridized carbons (Fsp3) is 0.130. The van der Waals surface area contributed by atoms with E-state index >= 15 is 0 Å². The first-order chi connectivity index (χ1) is 13.4. The fourth-order valence-electron chi connectivity index (χ4n) is 3.39. The lowest BCUT2D eigenvalue weighted by molar-refractivity contribution is 0.103. The van der Waals surface area contributed by atoms with Crippen molar-refractivity contribution in [3.8, 4) is 11.1 Å². The number of carbonyl (C=O) groups is 1. The summed E-state index contributed by atoms with van der Waals surface area (Å²) in [6.07, 6.45) is 1.83. The predicted molar refractivity (Wildman–Crippen MR) is 116 cm³/mol. The Morgan fingerprint density at radius 2 is 1.82 bits per heavy atom. The highest BCUT2D eigenvalue weighted by molar-refractivity contribution is 7.20. The van der Waals surface area contributed by atoms with Gasteiger partial charge in [-0.05, 0) is 60.2 Å². The van der Waals surface area contributed by atoms with Gasteiger partial charge in [-0.3, -0.25) is 9.59 Å². The molecule has 5 heteroatoms. The summed E-state index contributed by atoms with van der Waals surface area (Å²) in [5, 5.41) is 4.11. The third-order valence-corrected chi connectivity index (χ3v) is 6.02. The smallest absolute Gasteiger partial charge is 0.265 e. The average Bonchev–Trinajstić information content (AvgIpc) is 3.12. The SMILES string of the molecule is Cc1c(NC(=O)c2cc3ccccc3s2)cccc1-c1cc(C)c(=O)n(C)c1. The quantitative estimate of drug-likeness (QED) is 0.528. The summed E-state index contributed by atoms with van der Waals surface area (Å²) in [5.74, 6) is -0.113. The van der Waals surface area contributed by atoms with E-state index in [9.17, 15) is 9.59 Å². The first-order valence-corrected chi connectivity index (χ1v) is 9.83. The molecule has 0 unspecified atom stereocenters. The Kier molecular flexibility index (Phi) is 4.61. The van der Waals surface area contributed by atoms with Crippen LogP contribution in [0.25, 0.3) is 21.2 Å². The van der Waals surface area contributed by atoms with Crippen molar-refractivity contribution < 1.29 is 4.79 Å². The molecule has 0 aliphatic rings. The molecule has 2 heterocycles. The molecule has 4 rings (SSSR count). The summed E-state index contributed by atoms with van der Waals surface area (Å²) >= 11 is 1.49. The largest absolute Gasteiger partial charge is 0.321 e. The first-order valence-electron chi connectivity index (χ1n) is 9.01. The molecule has 0 saturated heterocycles. The van der Waals surface area contributed by atoms with Gasteiger partial charge >= 0.3 is 0 Å². The van der Waals surface area contributed by atoms with Gasteiger partial charge in [-0.1, -0.05) is 30.3 Å². The summed E-state index contributed by atoms with van der Waals surface area (Å²) in [7, 11) is 1.75. The molecule has 0 atom stereocenters. The number of rotatable bonds is 3. The summed E-state index contributed by atoms with van der Waals surface area (Å²) in [6.45, 7) is 3.80. The van der Waals surface area contributed by atoms with Gasteiger partial charge in [-0.15, -0.1) is 11.3 Å². The first kappa shape index (κ1) is 18.2. The minimum Gasteiger partial charge on any atom is -0.321 e. The molecule has 1 N–H and O–H groups in total. The maximum absolute atomic E-state index is 12.8. The van der Waals surface area contributed by atoms with Crippen molar-refractivity contribution in [3.05, 3.63) is 87.2 Å². The summed E-state index contributed by atoms with van der Waals surface area (Å²) < 4.78 is 2.69. The van der Waals surface area contributed by atoms with E-state index in [-0.39, 0.29) is 11.5 Å². The Morgan fingerprint density at radius 3 is 2.57 bits per heavy atom. The molecule has 0 spiro atoms. The van der Waals surface area contributed by atoms with E-state index in [0.29, 0.717) is 10.4 Å². The monoisotopic (exact) mass is 388 g/mol. The number of nitrogens with one attached hydrogen (secondary N) is 1. The van der Waals surface area contributed by atoms with E-state index < -0.39 is 0 Å². The van der Waals surface area contributed by atoms with E-state index in [0.717, 1.165) is 32.5 Å². The second kappa shape index (κ2) is 7.09. The minimum atomic E-state index is -0.113. The molecule has 28 heavy (non-hydrogen) atoms. The molecule has 2 aromatic carbocycles. The Labute approximate surface area is 167 Å². The number of aryl methyl sites for hydroxylation is 2. The topological polar surface area (TPSA) is 51.1 Å². The highest BCUT2D eigenvalue weighted by atomic mass is 32.1. The lowest BCUT2D eigenvalue weighted by Gasteiger charge is -2.13. The van der Waals surface area contributed by atoms with E-state index in [4.69, 9.17) is 0 Å². The molecule has 0 aliphatic carbocycles. The molecule has 0 radical (unpaired) electrons. The van der Waals surface area contributed by atoms with E-state index in [1.54, 1.807) is 11.6 Å². The number of nitrogens with zero attached hydrogens (tertiary/aromatic N) is 1. The molecule has 4 nitrogen and oxygen atoms in total. The molecular formula is C23H20N2O2S. The highest BCUT2D eigenvalue weighted by Gasteiger charge is 2.14. The third-order valence-electron chi connectivity index (χ3n) is 4.90. The van der Waals surface area contributed by atoms with Gasteiger partial charge in [0.1, 0.15) is 0 Å². The number of anilines is 1. The number of thiophene rings is 1. The van der Waals surface area contributed by atoms with Crippen LogP contribution in [0.1, 0.15) is 20.8 Å². The number of amides is 1. The van der Waals surface area contributed by atoms with E-state index in [1.165, 1.54) is 11.3 Å². The molecule has 2 aromatic heterocycles. The van der Waals surface area contributed by atoms with Crippen LogP contribution in [0.5, 0.6) is 0 Å². The second-order valence-corrected chi connectivity index (χ2v) is 7.99. The average molecular weight is 388 g/mol. The van der Waals surface area contributed by atoms with E-state index in [2.05, 4.69) is 5.32 Å². The summed E-state index contributed by atoms with van der Waals surface area (Å²) in [5.41, 5.74) is 4.37. The Hall–Kier alpha value is -3.18. The van der Waals surface area contributed by atoms with Crippen molar-refractivity contribution in [2.75, 3.05) is 5.32 Å². The molecule has 0 saturated carbocycles. The lowest BCUT2D eigenvalue weighted by Crippen LogP contribution is -2.18. The molecule has 140 valence electrons. The summed E-state index contributed by atoms with van der Waals surface area (Å²) in [6, 6.07) is 17.6. The number of hydrogen-bond donors (Lipinski definition) is 1. The normalized spacial score (nSPS) is 11.0. The molecule has 1 amide bonds. The van der Waals surface area contributed by atoms with Gasteiger partial charge in [-0.2, -0.15) is 0 Å². The van der Waals surface area contributed by atoms with Gasteiger partial charge in [0.05, 0.1) is 4.88 Å². The van der Waals surface area contributed by atoms with Crippen LogP contribution >= 0.6 is 11.3 Å². The molecule has 4 aromatic rings. The van der Waals surface area contributed by atoms with Crippen LogP contribution in [-0.2, 0) is 7.05 Å². The fourth-order valence-corrected chi connectivity index (χ4v) is 4.34. The predicted octanol–water partition coefficient (Wildman–Crippen LogP) is 5.14. The van der Waals surface area contributed by atoms with Crippen LogP contribution in [0.15, 0.2) is 65.6 Å². The number of benzene rings is 2. The van der Waals surface area contributed by atoms with Crippen molar-refractivity contribution >= 4 is 33.0 Å². The van der Waals surface area contributed by atoms with Crippen molar-refractivity contribution in [2.45, 2.75) is 13.8 Å². The number of pyridine rings is 1. The van der Waals surface area contributed by atoms with Crippen molar-refractivity contribution in [1.29, 1.82) is 0 Å². The number of aromatic nitrogens is 1. The zero-order chi connectivity index (χ0) is 19.8. The number of fused-ring (bicyclic) bond motifs is 1. The van der Waals surface area contributed by atoms with Gasteiger partial charge < -0.3 is 9.88 Å². The van der Waals surface area contributed by atoms with Crippen LogP contribution in [0, 0.1) is 13.8 Å². The molecule has 0 fully saturated rings. The molecular weight excluding hydrogens is 368 g/mol. The maximum Gasteiger partial charge on any atom is 0.265 e. The van der Waals surface area contributed by atoms with Gasteiger partial charge in [0, 0.05) is 29.2 Å². The zero-order valence-corrected chi connectivity index (χ0v) is 16.8. The van der Waals surface area contributed by atoms with Gasteiger partial charge in [0.25, 0.3) is 11.5 Å². The minimum absolute atomic E-state index is 0.00405. The van der Waals surface area contributed by atoms with Crippen LogP contribution in [0.4, 0.5) is 5.69 Å². The van der Waals surface area contributed by atoms with Crippen molar-refractivity contribution in [3.63, 3.8) is 0 Å². The maximum atomic E-state index is 12.8. The second-order valence-electron chi connectivity index (χ2n) is 6.91. The summed E-state index contributed by atoms with van der Waals surface area (Å²) in [4.78, 5) is 25.5. The van der Waals surface area contributed by atoms with Crippen molar-refractivity contribution in [2.24, 2.45) is 7.05 Å². The van der Waals surface area contributed by atoms with Crippen LogP contribution in [0.3, 0.4) is 0 Å². The number of carbonyl (C=O) groups excluding carboxylic acids is 1. The van der Waals surface area contributed by atoms with Gasteiger partial charge in [0.15, 0.2) is 0 Å². The number of hydrogen-bond acceptors (Lipinski definition) is 3. The highest BCUT2D eigenvalue weighted by Crippen LogP contribution is 2.30. The molecule has 0 bridgehead atoms.